The molecule has 2 rings (SSSR count). The van der Waals surface area contributed by atoms with Crippen molar-refractivity contribution >= 4 is 28.8 Å². The summed E-state index contributed by atoms with van der Waals surface area (Å²) in [7, 11) is 0. The highest BCUT2D eigenvalue weighted by Crippen LogP contribution is 2.26. The summed E-state index contributed by atoms with van der Waals surface area (Å²) in [6.07, 6.45) is 1.33. The number of thiazole rings is 1. The zero-order chi connectivity index (χ0) is 15.2. The molecular formula is C16H19ClN2OS. The van der Waals surface area contributed by atoms with Gasteiger partial charge in [0.2, 0.25) is 5.91 Å². The number of aromatic nitrogens is 1. The summed E-state index contributed by atoms with van der Waals surface area (Å²) in [5.41, 5.74) is 1.79. The summed E-state index contributed by atoms with van der Waals surface area (Å²) in [5, 5.41) is 6.44. The van der Waals surface area contributed by atoms with E-state index < -0.39 is 0 Å². The van der Waals surface area contributed by atoms with Crippen LogP contribution in [0.4, 0.5) is 0 Å². The van der Waals surface area contributed by atoms with Gasteiger partial charge in [-0.2, -0.15) is 0 Å². The standard InChI is InChI=1S/C16H19ClN2OS/c1-11(2)6-7-18-15(20)9-14-10-21-16(19-14)12-4-3-5-13(17)8-12/h3-5,8,10-11H,6-7,9H2,1-2H3,(H,18,20). The SMILES string of the molecule is CC(C)CCNC(=O)Cc1csc(-c2cccc(Cl)c2)n1. The molecule has 0 bridgehead atoms. The number of nitrogens with one attached hydrogen (secondary N) is 1. The molecule has 1 heterocycles. The lowest BCUT2D eigenvalue weighted by atomic mass is 10.1. The monoisotopic (exact) mass is 322 g/mol. The van der Waals surface area contributed by atoms with E-state index in [0.29, 0.717) is 17.4 Å². The van der Waals surface area contributed by atoms with Crippen molar-refractivity contribution in [2.75, 3.05) is 6.54 Å². The van der Waals surface area contributed by atoms with Gasteiger partial charge in [0, 0.05) is 22.5 Å². The van der Waals surface area contributed by atoms with E-state index in [1.807, 2.05) is 29.6 Å². The zero-order valence-electron chi connectivity index (χ0n) is 12.2. The number of hydrogen-bond donors (Lipinski definition) is 1. The Bertz CT molecular complexity index is 610. The molecule has 0 unspecified atom stereocenters. The summed E-state index contributed by atoms with van der Waals surface area (Å²) in [6.45, 7) is 5.01. The van der Waals surface area contributed by atoms with Gasteiger partial charge in [-0.15, -0.1) is 11.3 Å². The van der Waals surface area contributed by atoms with E-state index in [9.17, 15) is 4.79 Å². The van der Waals surface area contributed by atoms with Gasteiger partial charge in [-0.1, -0.05) is 37.6 Å². The van der Waals surface area contributed by atoms with E-state index in [2.05, 4.69) is 24.1 Å². The Kier molecular flexibility index (Phi) is 5.76. The number of rotatable bonds is 6. The first-order valence-corrected chi connectivity index (χ1v) is 8.27. The van der Waals surface area contributed by atoms with Gasteiger partial charge >= 0.3 is 0 Å². The summed E-state index contributed by atoms with van der Waals surface area (Å²) < 4.78 is 0. The Morgan fingerprint density at radius 3 is 2.95 bits per heavy atom. The molecule has 0 aliphatic heterocycles. The number of benzene rings is 1. The van der Waals surface area contributed by atoms with E-state index in [1.54, 1.807) is 0 Å². The predicted octanol–water partition coefficient (Wildman–Crippen LogP) is 4.17. The summed E-state index contributed by atoms with van der Waals surface area (Å²) in [4.78, 5) is 16.3. The minimum Gasteiger partial charge on any atom is -0.356 e. The van der Waals surface area contributed by atoms with Crippen molar-refractivity contribution in [1.82, 2.24) is 10.3 Å². The van der Waals surface area contributed by atoms with Crippen LogP contribution in [-0.2, 0) is 11.2 Å². The molecule has 1 N–H and O–H groups in total. The lowest BCUT2D eigenvalue weighted by molar-refractivity contribution is -0.120. The Morgan fingerprint density at radius 1 is 1.43 bits per heavy atom. The molecule has 2 aromatic rings. The number of carbonyl (C=O) groups excluding carboxylic acids is 1. The van der Waals surface area contributed by atoms with Crippen molar-refractivity contribution in [3.8, 4) is 10.6 Å². The zero-order valence-corrected chi connectivity index (χ0v) is 13.8. The number of hydrogen-bond acceptors (Lipinski definition) is 3. The van der Waals surface area contributed by atoms with E-state index in [1.165, 1.54) is 11.3 Å². The van der Waals surface area contributed by atoms with Crippen molar-refractivity contribution in [1.29, 1.82) is 0 Å². The molecule has 1 aromatic carbocycles. The third-order valence-corrected chi connectivity index (χ3v) is 4.18. The molecule has 1 aromatic heterocycles. The van der Waals surface area contributed by atoms with Gasteiger partial charge in [0.15, 0.2) is 0 Å². The normalized spacial score (nSPS) is 10.9. The molecule has 0 saturated heterocycles. The fourth-order valence-electron chi connectivity index (χ4n) is 1.87. The van der Waals surface area contributed by atoms with Gasteiger partial charge in [-0.3, -0.25) is 4.79 Å². The first-order chi connectivity index (χ1) is 10.0. The highest BCUT2D eigenvalue weighted by molar-refractivity contribution is 7.13. The van der Waals surface area contributed by atoms with Crippen molar-refractivity contribution in [3.63, 3.8) is 0 Å². The molecule has 5 heteroatoms. The molecule has 0 aliphatic carbocycles. The van der Waals surface area contributed by atoms with E-state index in [-0.39, 0.29) is 5.91 Å². The van der Waals surface area contributed by atoms with Crippen LogP contribution in [0.3, 0.4) is 0 Å². The third kappa shape index (κ3) is 5.14. The maximum atomic E-state index is 11.8. The molecular weight excluding hydrogens is 304 g/mol. The summed E-state index contributed by atoms with van der Waals surface area (Å²) >= 11 is 7.51. The maximum Gasteiger partial charge on any atom is 0.226 e. The lowest BCUT2D eigenvalue weighted by Crippen LogP contribution is -2.26. The number of nitrogens with zero attached hydrogens (tertiary/aromatic N) is 1. The van der Waals surface area contributed by atoms with Crippen LogP contribution in [0.2, 0.25) is 5.02 Å². The van der Waals surface area contributed by atoms with Crippen molar-refractivity contribution in [3.05, 3.63) is 40.4 Å². The fraction of sp³-hybridized carbons (Fsp3) is 0.375. The topological polar surface area (TPSA) is 42.0 Å². The lowest BCUT2D eigenvalue weighted by Gasteiger charge is -2.06. The highest BCUT2D eigenvalue weighted by atomic mass is 35.5. The Labute approximate surface area is 134 Å². The van der Waals surface area contributed by atoms with Gasteiger partial charge in [0.05, 0.1) is 12.1 Å². The maximum absolute atomic E-state index is 11.8. The Hall–Kier alpha value is -1.39. The molecule has 0 radical (unpaired) electrons. The van der Waals surface area contributed by atoms with Gasteiger partial charge in [0.1, 0.15) is 5.01 Å². The van der Waals surface area contributed by atoms with Gasteiger partial charge < -0.3 is 5.32 Å². The summed E-state index contributed by atoms with van der Waals surface area (Å²) in [6, 6.07) is 7.59. The van der Waals surface area contributed by atoms with Crippen LogP contribution < -0.4 is 5.32 Å². The molecule has 21 heavy (non-hydrogen) atoms. The highest BCUT2D eigenvalue weighted by Gasteiger charge is 2.09. The molecule has 1 amide bonds. The predicted molar refractivity (Wildman–Crippen MR) is 88.7 cm³/mol. The first-order valence-electron chi connectivity index (χ1n) is 7.01. The van der Waals surface area contributed by atoms with Crippen LogP contribution in [0.15, 0.2) is 29.6 Å². The van der Waals surface area contributed by atoms with Crippen molar-refractivity contribution in [2.45, 2.75) is 26.7 Å². The molecule has 3 nitrogen and oxygen atoms in total. The van der Waals surface area contributed by atoms with Crippen LogP contribution >= 0.6 is 22.9 Å². The van der Waals surface area contributed by atoms with Gasteiger partial charge in [0.25, 0.3) is 0 Å². The second-order valence-electron chi connectivity index (χ2n) is 5.36. The van der Waals surface area contributed by atoms with E-state index in [4.69, 9.17) is 11.6 Å². The quantitative estimate of drug-likeness (QED) is 0.867. The molecule has 0 aliphatic rings. The van der Waals surface area contributed by atoms with Crippen molar-refractivity contribution in [2.24, 2.45) is 5.92 Å². The van der Waals surface area contributed by atoms with Crippen LogP contribution in [-0.4, -0.2) is 17.4 Å². The molecule has 0 saturated carbocycles. The van der Waals surface area contributed by atoms with E-state index >= 15 is 0 Å². The average molecular weight is 323 g/mol. The largest absolute Gasteiger partial charge is 0.356 e. The molecule has 0 atom stereocenters. The van der Waals surface area contributed by atoms with Crippen LogP contribution in [0.1, 0.15) is 26.0 Å². The van der Waals surface area contributed by atoms with Crippen LogP contribution in [0.25, 0.3) is 10.6 Å². The van der Waals surface area contributed by atoms with E-state index in [0.717, 1.165) is 29.2 Å². The number of amides is 1. The smallest absolute Gasteiger partial charge is 0.226 e. The second-order valence-corrected chi connectivity index (χ2v) is 6.66. The minimum atomic E-state index is 0.0265. The van der Waals surface area contributed by atoms with Crippen LogP contribution in [0, 0.1) is 5.92 Å². The van der Waals surface area contributed by atoms with Crippen molar-refractivity contribution < 1.29 is 4.79 Å². The second kappa shape index (κ2) is 7.57. The molecule has 0 fully saturated rings. The average Bonchev–Trinajstić information content (AvgIpc) is 2.86. The first kappa shape index (κ1) is 16.0. The minimum absolute atomic E-state index is 0.0265. The van der Waals surface area contributed by atoms with Gasteiger partial charge in [-0.25, -0.2) is 4.98 Å². The Balaban J connectivity index is 1.93. The molecule has 0 spiro atoms. The number of carbonyl (C=O) groups is 1. The van der Waals surface area contributed by atoms with Crippen LogP contribution in [0.5, 0.6) is 0 Å². The molecule has 112 valence electrons. The number of halogens is 1. The Morgan fingerprint density at radius 2 is 2.24 bits per heavy atom. The fourth-order valence-corrected chi connectivity index (χ4v) is 2.88. The third-order valence-electron chi connectivity index (χ3n) is 3.01. The summed E-state index contributed by atoms with van der Waals surface area (Å²) in [5.74, 6) is 0.623. The van der Waals surface area contributed by atoms with Gasteiger partial charge in [-0.05, 0) is 24.5 Å².